The van der Waals surface area contributed by atoms with Crippen LogP contribution in [0.25, 0.3) is 11.3 Å². The number of nitrogen functional groups attached to an aromatic ring is 1. The van der Waals surface area contributed by atoms with Crippen LogP contribution >= 0.6 is 0 Å². The third-order valence-electron chi connectivity index (χ3n) is 2.44. The van der Waals surface area contributed by atoms with E-state index >= 15 is 0 Å². The minimum absolute atomic E-state index is 0.0185. The van der Waals surface area contributed by atoms with Crippen LogP contribution in [0, 0.1) is 0 Å². The second-order valence-corrected chi connectivity index (χ2v) is 4.34. The number of carboxylic acids is 1. The molecule has 0 atom stereocenters. The third-order valence-corrected chi connectivity index (χ3v) is 2.44. The normalized spacial score (nSPS) is 10.7. The van der Waals surface area contributed by atoms with E-state index in [4.69, 9.17) is 15.6 Å². The number of nitrogens with zero attached hydrogens (tertiary/aromatic N) is 1. The monoisotopic (exact) mass is 261 g/mol. The van der Waals surface area contributed by atoms with E-state index < -0.39 is 5.97 Å². The number of carboxylic acid groups (broad SMARTS) is 1. The van der Waals surface area contributed by atoms with Gasteiger partial charge in [0.15, 0.2) is 11.6 Å². The molecule has 4 N–H and O–H groups in total. The fourth-order valence-corrected chi connectivity index (χ4v) is 1.72. The predicted octanol–water partition coefficient (Wildman–Crippen LogP) is 2.14. The molecule has 100 valence electrons. The van der Waals surface area contributed by atoms with E-state index in [2.05, 4.69) is 9.97 Å². The smallest absolute Gasteiger partial charge is 0.354 e. The highest BCUT2D eigenvalue weighted by molar-refractivity contribution is 5.93. The molecule has 0 aliphatic heterocycles. The van der Waals surface area contributed by atoms with Crippen LogP contribution in [0.4, 0.5) is 5.95 Å². The second kappa shape index (κ2) is 5.01. The van der Waals surface area contributed by atoms with Gasteiger partial charge < -0.3 is 20.6 Å². The molecular weight excluding hydrogens is 246 g/mol. The Labute approximate surface area is 110 Å². The summed E-state index contributed by atoms with van der Waals surface area (Å²) in [5.74, 6) is -0.296. The zero-order chi connectivity index (χ0) is 14.0. The molecule has 6 nitrogen and oxygen atoms in total. The molecular formula is C13H15N3O3. The SMILES string of the molecule is CC(C)Oc1ccc(-c2nc(N)[nH]c2C(=O)O)cc1. The van der Waals surface area contributed by atoms with Crippen molar-refractivity contribution in [2.24, 2.45) is 0 Å². The summed E-state index contributed by atoms with van der Waals surface area (Å²) < 4.78 is 5.52. The number of aromatic carboxylic acids is 1. The summed E-state index contributed by atoms with van der Waals surface area (Å²) in [6.07, 6.45) is 0.0847. The first kappa shape index (κ1) is 12.9. The van der Waals surface area contributed by atoms with Crippen LogP contribution in [-0.2, 0) is 0 Å². The lowest BCUT2D eigenvalue weighted by Crippen LogP contribution is -2.05. The number of H-pyrrole nitrogens is 1. The lowest BCUT2D eigenvalue weighted by molar-refractivity contribution is 0.0692. The van der Waals surface area contributed by atoms with Crippen LogP contribution < -0.4 is 10.5 Å². The lowest BCUT2D eigenvalue weighted by Gasteiger charge is -2.09. The number of rotatable bonds is 4. The van der Waals surface area contributed by atoms with Gasteiger partial charge in [0.25, 0.3) is 0 Å². The van der Waals surface area contributed by atoms with E-state index in [0.29, 0.717) is 11.3 Å². The molecule has 2 aromatic rings. The number of anilines is 1. The maximum atomic E-state index is 11.1. The van der Waals surface area contributed by atoms with Crippen LogP contribution in [0.1, 0.15) is 24.3 Å². The maximum Gasteiger partial charge on any atom is 0.354 e. The van der Waals surface area contributed by atoms with E-state index in [1.54, 1.807) is 24.3 Å². The molecule has 0 unspecified atom stereocenters. The van der Waals surface area contributed by atoms with Crippen molar-refractivity contribution in [2.45, 2.75) is 20.0 Å². The van der Waals surface area contributed by atoms with Crippen molar-refractivity contribution in [3.63, 3.8) is 0 Å². The number of nitrogens with one attached hydrogen (secondary N) is 1. The van der Waals surface area contributed by atoms with Crippen LogP contribution in [0.5, 0.6) is 5.75 Å². The molecule has 19 heavy (non-hydrogen) atoms. The zero-order valence-corrected chi connectivity index (χ0v) is 10.7. The van der Waals surface area contributed by atoms with Gasteiger partial charge in [0.1, 0.15) is 11.4 Å². The van der Waals surface area contributed by atoms with Gasteiger partial charge in [0, 0.05) is 5.56 Å². The average molecular weight is 261 g/mol. The van der Waals surface area contributed by atoms with Gasteiger partial charge >= 0.3 is 5.97 Å². The third kappa shape index (κ3) is 2.85. The molecule has 0 amide bonds. The standard InChI is InChI=1S/C13H15N3O3/c1-7(2)19-9-5-3-8(4-6-9)10-11(12(17)18)16-13(14)15-10/h3-7H,1-2H3,(H,17,18)(H3,14,15,16). The van der Waals surface area contributed by atoms with Crippen molar-refractivity contribution in [3.05, 3.63) is 30.0 Å². The quantitative estimate of drug-likeness (QED) is 0.782. The number of imidazole rings is 1. The fraction of sp³-hybridized carbons (Fsp3) is 0.231. The maximum absolute atomic E-state index is 11.1. The number of hydrogen-bond donors (Lipinski definition) is 3. The fourth-order valence-electron chi connectivity index (χ4n) is 1.72. The Hall–Kier alpha value is -2.50. The molecule has 0 saturated heterocycles. The summed E-state index contributed by atoms with van der Waals surface area (Å²) in [5.41, 5.74) is 6.47. The molecule has 0 radical (unpaired) electrons. The summed E-state index contributed by atoms with van der Waals surface area (Å²) >= 11 is 0. The van der Waals surface area contributed by atoms with Gasteiger partial charge in [-0.2, -0.15) is 0 Å². The number of benzene rings is 1. The van der Waals surface area contributed by atoms with Crippen molar-refractivity contribution in [3.8, 4) is 17.0 Å². The largest absolute Gasteiger partial charge is 0.491 e. The topological polar surface area (TPSA) is 101 Å². The molecule has 1 heterocycles. The Balaban J connectivity index is 2.34. The Bertz CT molecular complexity index is 588. The molecule has 0 aliphatic carbocycles. The summed E-state index contributed by atoms with van der Waals surface area (Å²) in [6.45, 7) is 3.87. The van der Waals surface area contributed by atoms with Crippen LogP contribution in [0.2, 0.25) is 0 Å². The van der Waals surface area contributed by atoms with Crippen LogP contribution in [-0.4, -0.2) is 27.1 Å². The summed E-state index contributed by atoms with van der Waals surface area (Å²) in [5, 5.41) is 9.06. The van der Waals surface area contributed by atoms with Gasteiger partial charge in [0.05, 0.1) is 6.10 Å². The number of hydrogen-bond acceptors (Lipinski definition) is 4. The van der Waals surface area contributed by atoms with Gasteiger partial charge in [-0.15, -0.1) is 0 Å². The van der Waals surface area contributed by atoms with Crippen molar-refractivity contribution in [1.82, 2.24) is 9.97 Å². The molecule has 1 aromatic heterocycles. The Morgan fingerprint density at radius 2 is 2.00 bits per heavy atom. The number of carbonyl (C=O) groups is 1. The van der Waals surface area contributed by atoms with E-state index in [1.807, 2.05) is 13.8 Å². The number of aromatic amines is 1. The first-order chi connectivity index (χ1) is 8.97. The first-order valence-electron chi connectivity index (χ1n) is 5.83. The Morgan fingerprint density at radius 3 is 2.53 bits per heavy atom. The van der Waals surface area contributed by atoms with Gasteiger partial charge in [-0.05, 0) is 38.1 Å². The number of nitrogens with two attached hydrogens (primary N) is 1. The van der Waals surface area contributed by atoms with E-state index in [1.165, 1.54) is 0 Å². The van der Waals surface area contributed by atoms with E-state index in [0.717, 1.165) is 5.75 Å². The Morgan fingerprint density at radius 1 is 1.37 bits per heavy atom. The van der Waals surface area contributed by atoms with Gasteiger partial charge in [0.2, 0.25) is 0 Å². The molecule has 0 saturated carbocycles. The molecule has 6 heteroatoms. The minimum atomic E-state index is -1.10. The summed E-state index contributed by atoms with van der Waals surface area (Å²) in [4.78, 5) is 17.6. The Kier molecular flexibility index (Phi) is 3.41. The highest BCUT2D eigenvalue weighted by atomic mass is 16.5. The first-order valence-corrected chi connectivity index (χ1v) is 5.83. The van der Waals surface area contributed by atoms with Crippen molar-refractivity contribution < 1.29 is 14.6 Å². The highest BCUT2D eigenvalue weighted by Gasteiger charge is 2.16. The molecule has 2 rings (SSSR count). The van der Waals surface area contributed by atoms with Gasteiger partial charge in [-0.25, -0.2) is 9.78 Å². The molecule has 0 bridgehead atoms. The molecule has 1 aromatic carbocycles. The molecule has 0 spiro atoms. The number of ether oxygens (including phenoxy) is 1. The van der Waals surface area contributed by atoms with Crippen molar-refractivity contribution in [1.29, 1.82) is 0 Å². The predicted molar refractivity (Wildman–Crippen MR) is 71.2 cm³/mol. The van der Waals surface area contributed by atoms with Crippen LogP contribution in [0.15, 0.2) is 24.3 Å². The van der Waals surface area contributed by atoms with Crippen molar-refractivity contribution in [2.75, 3.05) is 5.73 Å². The van der Waals surface area contributed by atoms with Crippen molar-refractivity contribution >= 4 is 11.9 Å². The van der Waals surface area contributed by atoms with Gasteiger partial charge in [-0.3, -0.25) is 0 Å². The number of aromatic nitrogens is 2. The molecule has 0 aliphatic rings. The second-order valence-electron chi connectivity index (χ2n) is 4.34. The lowest BCUT2D eigenvalue weighted by atomic mass is 10.1. The van der Waals surface area contributed by atoms with Gasteiger partial charge in [-0.1, -0.05) is 0 Å². The van der Waals surface area contributed by atoms with E-state index in [-0.39, 0.29) is 17.7 Å². The zero-order valence-electron chi connectivity index (χ0n) is 10.7. The summed E-state index contributed by atoms with van der Waals surface area (Å²) in [7, 11) is 0. The molecule has 0 fully saturated rings. The highest BCUT2D eigenvalue weighted by Crippen LogP contribution is 2.25. The minimum Gasteiger partial charge on any atom is -0.491 e. The average Bonchev–Trinajstić information content (AvgIpc) is 2.72. The summed E-state index contributed by atoms with van der Waals surface area (Å²) in [6, 6.07) is 7.04. The van der Waals surface area contributed by atoms with Crippen LogP contribution in [0.3, 0.4) is 0 Å². The van der Waals surface area contributed by atoms with E-state index in [9.17, 15) is 4.79 Å².